The van der Waals surface area contributed by atoms with Crippen LogP contribution in [-0.4, -0.2) is 29.2 Å². The zero-order valence-electron chi connectivity index (χ0n) is 9.00. The minimum atomic E-state index is -0.267. The van der Waals surface area contributed by atoms with Crippen molar-refractivity contribution in [3.63, 3.8) is 0 Å². The van der Waals surface area contributed by atoms with Crippen molar-refractivity contribution in [3.8, 4) is 0 Å². The van der Waals surface area contributed by atoms with Gasteiger partial charge in [0.15, 0.2) is 0 Å². The molecular formula is C12H15ClFNO. The Morgan fingerprint density at radius 1 is 1.50 bits per heavy atom. The molecule has 0 spiro atoms. The topological polar surface area (TPSA) is 23.5 Å². The third kappa shape index (κ3) is 2.94. The van der Waals surface area contributed by atoms with Crippen molar-refractivity contribution in [1.29, 1.82) is 0 Å². The minimum absolute atomic E-state index is 0.263. The van der Waals surface area contributed by atoms with Crippen LogP contribution in [0.25, 0.3) is 0 Å². The van der Waals surface area contributed by atoms with Gasteiger partial charge in [-0.05, 0) is 43.1 Å². The maximum atomic E-state index is 13.1. The van der Waals surface area contributed by atoms with E-state index in [1.54, 1.807) is 6.07 Å². The number of aliphatic hydroxyl groups excluding tert-OH is 1. The minimum Gasteiger partial charge on any atom is -0.392 e. The number of rotatable bonds is 2. The molecule has 2 nitrogen and oxygen atoms in total. The Labute approximate surface area is 99.6 Å². The zero-order chi connectivity index (χ0) is 11.5. The predicted octanol–water partition coefficient (Wildman–Crippen LogP) is 2.44. The summed E-state index contributed by atoms with van der Waals surface area (Å²) in [5.41, 5.74) is 0.788. The van der Waals surface area contributed by atoms with Crippen molar-refractivity contribution in [1.82, 2.24) is 4.90 Å². The monoisotopic (exact) mass is 243 g/mol. The molecule has 0 bridgehead atoms. The lowest BCUT2D eigenvalue weighted by atomic mass is 10.1. The molecule has 0 aromatic heterocycles. The van der Waals surface area contributed by atoms with Crippen LogP contribution in [0.1, 0.15) is 18.4 Å². The first kappa shape index (κ1) is 11.8. The Bertz CT molecular complexity index is 372. The zero-order valence-corrected chi connectivity index (χ0v) is 9.75. The van der Waals surface area contributed by atoms with Gasteiger partial charge in [-0.3, -0.25) is 4.90 Å². The highest BCUT2D eigenvalue weighted by Crippen LogP contribution is 2.20. The lowest BCUT2D eigenvalue weighted by Crippen LogP contribution is -2.37. The van der Waals surface area contributed by atoms with Crippen molar-refractivity contribution < 1.29 is 9.50 Å². The highest BCUT2D eigenvalue weighted by molar-refractivity contribution is 6.31. The molecule has 1 fully saturated rings. The van der Waals surface area contributed by atoms with Gasteiger partial charge in [-0.2, -0.15) is 0 Å². The number of hydrogen-bond donors (Lipinski definition) is 1. The van der Waals surface area contributed by atoms with Gasteiger partial charge in [0.05, 0.1) is 6.10 Å². The summed E-state index contributed by atoms with van der Waals surface area (Å²) >= 11 is 6.00. The fraction of sp³-hybridized carbons (Fsp3) is 0.500. The smallest absolute Gasteiger partial charge is 0.123 e. The number of benzene rings is 1. The maximum Gasteiger partial charge on any atom is 0.123 e. The van der Waals surface area contributed by atoms with E-state index in [1.165, 1.54) is 12.1 Å². The quantitative estimate of drug-likeness (QED) is 0.863. The second-order valence-electron chi connectivity index (χ2n) is 4.27. The number of hydrogen-bond acceptors (Lipinski definition) is 2. The Morgan fingerprint density at radius 3 is 3.06 bits per heavy atom. The van der Waals surface area contributed by atoms with Gasteiger partial charge in [0.1, 0.15) is 5.82 Å². The summed E-state index contributed by atoms with van der Waals surface area (Å²) < 4.78 is 13.1. The lowest BCUT2D eigenvalue weighted by Gasteiger charge is -2.30. The first-order chi connectivity index (χ1) is 7.65. The molecule has 1 aromatic carbocycles. The van der Waals surface area contributed by atoms with Crippen LogP contribution >= 0.6 is 11.6 Å². The Hall–Kier alpha value is -0.640. The standard InChI is InChI=1S/C12H15ClFNO/c13-12-4-3-10(14)6-9(12)7-15-5-1-2-11(16)8-15/h3-4,6,11,16H,1-2,5,7-8H2/t11-/m0/s1. The van der Waals surface area contributed by atoms with E-state index in [0.29, 0.717) is 18.1 Å². The van der Waals surface area contributed by atoms with Gasteiger partial charge in [-0.1, -0.05) is 11.6 Å². The Morgan fingerprint density at radius 2 is 2.31 bits per heavy atom. The van der Waals surface area contributed by atoms with Crippen molar-refractivity contribution >= 4 is 11.6 Å². The summed E-state index contributed by atoms with van der Waals surface area (Å²) in [4.78, 5) is 2.11. The molecule has 16 heavy (non-hydrogen) atoms. The number of nitrogens with zero attached hydrogens (tertiary/aromatic N) is 1. The number of halogens is 2. The van der Waals surface area contributed by atoms with Crippen LogP contribution in [0.3, 0.4) is 0 Å². The van der Waals surface area contributed by atoms with Crippen LogP contribution in [0, 0.1) is 5.82 Å². The van der Waals surface area contributed by atoms with E-state index in [2.05, 4.69) is 4.90 Å². The summed E-state index contributed by atoms with van der Waals surface area (Å²) in [6.07, 6.45) is 1.57. The average Bonchev–Trinajstić information content (AvgIpc) is 2.24. The van der Waals surface area contributed by atoms with Gasteiger partial charge in [0.2, 0.25) is 0 Å². The van der Waals surface area contributed by atoms with Gasteiger partial charge < -0.3 is 5.11 Å². The van der Waals surface area contributed by atoms with Crippen LogP contribution in [0.2, 0.25) is 5.02 Å². The normalized spacial score (nSPS) is 22.3. The molecule has 1 aliphatic rings. The van der Waals surface area contributed by atoms with Crippen LogP contribution in [0.15, 0.2) is 18.2 Å². The summed E-state index contributed by atoms with van der Waals surface area (Å²) in [5, 5.41) is 10.1. The molecule has 2 rings (SSSR count). The summed E-state index contributed by atoms with van der Waals surface area (Å²) in [5.74, 6) is -0.267. The summed E-state index contributed by atoms with van der Waals surface area (Å²) in [6, 6.07) is 4.40. The van der Waals surface area contributed by atoms with Gasteiger partial charge in [-0.25, -0.2) is 4.39 Å². The fourth-order valence-corrected chi connectivity index (χ4v) is 2.26. The number of aliphatic hydroxyl groups is 1. The number of likely N-dealkylation sites (tertiary alicyclic amines) is 1. The maximum absolute atomic E-state index is 13.1. The highest BCUT2D eigenvalue weighted by Gasteiger charge is 2.18. The lowest BCUT2D eigenvalue weighted by molar-refractivity contribution is 0.0668. The molecule has 0 unspecified atom stereocenters. The summed E-state index contributed by atoms with van der Waals surface area (Å²) in [6.45, 7) is 2.18. The third-order valence-corrected chi connectivity index (χ3v) is 3.25. The molecule has 1 aromatic rings. The van der Waals surface area contributed by atoms with Crippen LogP contribution in [0.4, 0.5) is 4.39 Å². The van der Waals surface area contributed by atoms with Crippen molar-refractivity contribution in [2.24, 2.45) is 0 Å². The van der Waals surface area contributed by atoms with Gasteiger partial charge in [0, 0.05) is 18.1 Å². The Kier molecular flexibility index (Phi) is 3.79. The molecule has 0 radical (unpaired) electrons. The largest absolute Gasteiger partial charge is 0.392 e. The Balaban J connectivity index is 2.05. The van der Waals surface area contributed by atoms with Gasteiger partial charge in [0.25, 0.3) is 0 Å². The molecular weight excluding hydrogens is 229 g/mol. The van der Waals surface area contributed by atoms with E-state index in [4.69, 9.17) is 11.6 Å². The van der Waals surface area contributed by atoms with E-state index >= 15 is 0 Å². The van der Waals surface area contributed by atoms with Crippen LogP contribution in [0.5, 0.6) is 0 Å². The molecule has 1 aliphatic heterocycles. The first-order valence-corrected chi connectivity index (χ1v) is 5.87. The van der Waals surface area contributed by atoms with Gasteiger partial charge in [-0.15, -0.1) is 0 Å². The molecule has 0 aliphatic carbocycles. The number of piperidine rings is 1. The predicted molar refractivity (Wildman–Crippen MR) is 61.9 cm³/mol. The molecule has 1 N–H and O–H groups in total. The average molecular weight is 244 g/mol. The molecule has 1 atom stereocenters. The van der Waals surface area contributed by atoms with E-state index in [1.807, 2.05) is 0 Å². The van der Waals surface area contributed by atoms with E-state index in [0.717, 1.165) is 24.9 Å². The van der Waals surface area contributed by atoms with Crippen LogP contribution in [-0.2, 0) is 6.54 Å². The second-order valence-corrected chi connectivity index (χ2v) is 4.67. The van der Waals surface area contributed by atoms with E-state index < -0.39 is 0 Å². The highest BCUT2D eigenvalue weighted by atomic mass is 35.5. The van der Waals surface area contributed by atoms with Gasteiger partial charge >= 0.3 is 0 Å². The molecule has 0 saturated carbocycles. The SMILES string of the molecule is O[C@H]1CCCN(Cc2cc(F)ccc2Cl)C1. The first-order valence-electron chi connectivity index (χ1n) is 5.49. The number of β-amino-alcohol motifs (C(OH)–C–C–N with tert-alkyl or cyclic N) is 1. The molecule has 0 amide bonds. The van der Waals surface area contributed by atoms with E-state index in [-0.39, 0.29) is 11.9 Å². The van der Waals surface area contributed by atoms with Crippen molar-refractivity contribution in [3.05, 3.63) is 34.6 Å². The molecule has 1 heterocycles. The summed E-state index contributed by atoms with van der Waals surface area (Å²) in [7, 11) is 0. The van der Waals surface area contributed by atoms with Crippen LogP contribution < -0.4 is 0 Å². The van der Waals surface area contributed by atoms with Crippen molar-refractivity contribution in [2.75, 3.05) is 13.1 Å². The molecule has 1 saturated heterocycles. The second kappa shape index (κ2) is 5.13. The fourth-order valence-electron chi connectivity index (χ4n) is 2.08. The molecule has 88 valence electrons. The van der Waals surface area contributed by atoms with Crippen molar-refractivity contribution in [2.45, 2.75) is 25.5 Å². The third-order valence-electron chi connectivity index (χ3n) is 2.88. The molecule has 4 heteroatoms. The van der Waals surface area contributed by atoms with E-state index in [9.17, 15) is 9.50 Å².